The third kappa shape index (κ3) is 3.49. The number of nitrogens with zero attached hydrogens (tertiary/aromatic N) is 5. The van der Waals surface area contributed by atoms with E-state index in [4.69, 9.17) is 4.98 Å². The van der Waals surface area contributed by atoms with Crippen molar-refractivity contribution in [2.75, 3.05) is 11.9 Å². The molecule has 0 radical (unpaired) electrons. The first kappa shape index (κ1) is 21.0. The first-order valence-corrected chi connectivity index (χ1v) is 12.0. The maximum Gasteiger partial charge on any atom is 0.278 e. The highest BCUT2D eigenvalue weighted by Crippen LogP contribution is 2.46. The van der Waals surface area contributed by atoms with E-state index >= 15 is 0 Å². The van der Waals surface area contributed by atoms with Crippen molar-refractivity contribution in [2.45, 2.75) is 58.0 Å². The van der Waals surface area contributed by atoms with Gasteiger partial charge >= 0.3 is 0 Å². The van der Waals surface area contributed by atoms with Gasteiger partial charge in [0.05, 0.1) is 5.69 Å². The Morgan fingerprint density at radius 1 is 1.12 bits per heavy atom. The van der Waals surface area contributed by atoms with E-state index in [1.165, 1.54) is 11.1 Å². The van der Waals surface area contributed by atoms with Crippen LogP contribution < -0.4 is 16.2 Å². The van der Waals surface area contributed by atoms with Crippen LogP contribution in [-0.4, -0.2) is 30.9 Å². The standard InChI is InChI=1S/C26H29N7O/c1-16(2)32-24(34)21-15-29-25(30-19-5-4-18-14-27-10-6-17(18)12-19)31-23(21)33(32)20-7-11-28-22(13-20)26(3)8-9-26/h4-5,7,11-13,15-16,27H,6,8-10,14H2,1-3H3,(H,29,30,31). The number of aromatic nitrogens is 5. The minimum absolute atomic E-state index is 0.0412. The Hall–Kier alpha value is -3.52. The number of rotatable bonds is 5. The highest BCUT2D eigenvalue weighted by atomic mass is 16.1. The van der Waals surface area contributed by atoms with Gasteiger partial charge in [-0.15, -0.1) is 0 Å². The summed E-state index contributed by atoms with van der Waals surface area (Å²) in [5, 5.41) is 7.26. The molecule has 2 aliphatic rings. The second-order valence-electron chi connectivity index (χ2n) is 9.98. The zero-order chi connectivity index (χ0) is 23.4. The Kier molecular flexibility index (Phi) is 4.81. The Bertz CT molecular complexity index is 1460. The number of nitrogens with one attached hydrogen (secondary N) is 2. The van der Waals surface area contributed by atoms with Crippen LogP contribution in [0.2, 0.25) is 0 Å². The van der Waals surface area contributed by atoms with Crippen molar-refractivity contribution in [1.29, 1.82) is 0 Å². The molecule has 34 heavy (non-hydrogen) atoms. The molecular weight excluding hydrogens is 426 g/mol. The summed E-state index contributed by atoms with van der Waals surface area (Å²) < 4.78 is 3.67. The van der Waals surface area contributed by atoms with Gasteiger partial charge in [-0.3, -0.25) is 9.78 Å². The molecule has 6 rings (SSSR count). The minimum atomic E-state index is -0.0890. The summed E-state index contributed by atoms with van der Waals surface area (Å²) in [7, 11) is 0. The van der Waals surface area contributed by atoms with Gasteiger partial charge in [-0.2, -0.15) is 4.98 Å². The highest BCUT2D eigenvalue weighted by Gasteiger charge is 2.40. The van der Waals surface area contributed by atoms with Crippen molar-refractivity contribution >= 4 is 22.7 Å². The smallest absolute Gasteiger partial charge is 0.278 e. The molecule has 8 heteroatoms. The highest BCUT2D eigenvalue weighted by molar-refractivity contribution is 5.77. The maximum atomic E-state index is 13.3. The van der Waals surface area contributed by atoms with Crippen molar-refractivity contribution in [3.05, 3.63) is 69.9 Å². The molecule has 0 bridgehead atoms. The SMILES string of the molecule is CC(C)n1c(=O)c2cnc(Nc3ccc4c(c3)CCNC4)nc2n1-c1ccnc(C2(C)CC2)c1. The number of hydrogen-bond donors (Lipinski definition) is 2. The van der Waals surface area contributed by atoms with Gasteiger partial charge < -0.3 is 10.6 Å². The van der Waals surface area contributed by atoms with Gasteiger partial charge in [0.15, 0.2) is 5.65 Å². The molecule has 0 amide bonds. The Morgan fingerprint density at radius 2 is 1.97 bits per heavy atom. The molecule has 0 spiro atoms. The van der Waals surface area contributed by atoms with Crippen LogP contribution in [0.5, 0.6) is 0 Å². The van der Waals surface area contributed by atoms with Crippen molar-refractivity contribution < 1.29 is 0 Å². The number of pyridine rings is 1. The molecule has 1 fully saturated rings. The molecule has 174 valence electrons. The first-order chi connectivity index (χ1) is 16.4. The van der Waals surface area contributed by atoms with Gasteiger partial charge in [0.1, 0.15) is 5.39 Å². The summed E-state index contributed by atoms with van der Waals surface area (Å²) in [4.78, 5) is 27.2. The van der Waals surface area contributed by atoms with Crippen LogP contribution in [0, 0.1) is 0 Å². The zero-order valence-electron chi connectivity index (χ0n) is 19.8. The van der Waals surface area contributed by atoms with Crippen LogP contribution in [0.3, 0.4) is 0 Å². The van der Waals surface area contributed by atoms with E-state index in [9.17, 15) is 4.79 Å². The van der Waals surface area contributed by atoms with Gasteiger partial charge in [-0.05, 0) is 75.0 Å². The zero-order valence-corrected chi connectivity index (χ0v) is 19.8. The number of anilines is 2. The molecular formula is C26H29N7O. The fourth-order valence-corrected chi connectivity index (χ4v) is 4.78. The molecule has 1 saturated carbocycles. The Balaban J connectivity index is 1.46. The van der Waals surface area contributed by atoms with Crippen LogP contribution in [0.15, 0.2) is 47.5 Å². The van der Waals surface area contributed by atoms with Crippen molar-refractivity contribution in [1.82, 2.24) is 29.6 Å². The molecule has 3 aromatic heterocycles. The molecule has 4 heterocycles. The van der Waals surface area contributed by atoms with Crippen LogP contribution in [-0.2, 0) is 18.4 Å². The molecule has 8 nitrogen and oxygen atoms in total. The lowest BCUT2D eigenvalue weighted by Crippen LogP contribution is -2.24. The van der Waals surface area contributed by atoms with Gasteiger partial charge in [-0.1, -0.05) is 13.0 Å². The van der Waals surface area contributed by atoms with Crippen LogP contribution in [0.25, 0.3) is 16.7 Å². The lowest BCUT2D eigenvalue weighted by atomic mass is 10.0. The lowest BCUT2D eigenvalue weighted by molar-refractivity contribution is 0.475. The fourth-order valence-electron chi connectivity index (χ4n) is 4.78. The van der Waals surface area contributed by atoms with E-state index in [0.717, 1.165) is 49.4 Å². The Morgan fingerprint density at radius 3 is 2.76 bits per heavy atom. The molecule has 1 aliphatic carbocycles. The van der Waals surface area contributed by atoms with Crippen molar-refractivity contribution in [3.63, 3.8) is 0 Å². The third-order valence-corrected chi connectivity index (χ3v) is 7.07. The first-order valence-electron chi connectivity index (χ1n) is 12.0. The average Bonchev–Trinajstić information content (AvgIpc) is 3.53. The molecule has 2 N–H and O–H groups in total. The molecule has 0 atom stereocenters. The van der Waals surface area contributed by atoms with E-state index in [1.807, 2.05) is 30.8 Å². The molecule has 1 aromatic carbocycles. The van der Waals surface area contributed by atoms with E-state index in [2.05, 4.69) is 51.8 Å². The second-order valence-corrected chi connectivity index (χ2v) is 9.98. The molecule has 1 aliphatic heterocycles. The van der Waals surface area contributed by atoms with E-state index < -0.39 is 0 Å². The van der Waals surface area contributed by atoms with Crippen LogP contribution in [0.4, 0.5) is 11.6 Å². The largest absolute Gasteiger partial charge is 0.324 e. The summed E-state index contributed by atoms with van der Waals surface area (Å²) in [6, 6.07) is 10.4. The van der Waals surface area contributed by atoms with Crippen LogP contribution >= 0.6 is 0 Å². The van der Waals surface area contributed by atoms with Gasteiger partial charge in [0.25, 0.3) is 5.56 Å². The van der Waals surface area contributed by atoms with Crippen LogP contribution in [0.1, 0.15) is 56.5 Å². The van der Waals surface area contributed by atoms with E-state index in [0.29, 0.717) is 17.0 Å². The van der Waals surface area contributed by atoms with E-state index in [-0.39, 0.29) is 17.0 Å². The predicted octanol–water partition coefficient (Wildman–Crippen LogP) is 4.00. The second kappa shape index (κ2) is 7.77. The van der Waals surface area contributed by atoms with E-state index in [1.54, 1.807) is 10.9 Å². The summed E-state index contributed by atoms with van der Waals surface area (Å²) >= 11 is 0. The number of fused-ring (bicyclic) bond motifs is 2. The lowest BCUT2D eigenvalue weighted by Gasteiger charge is -2.18. The maximum absolute atomic E-state index is 13.3. The monoisotopic (exact) mass is 455 g/mol. The van der Waals surface area contributed by atoms with Gasteiger partial charge in [0.2, 0.25) is 5.95 Å². The normalized spacial score (nSPS) is 16.6. The summed E-state index contributed by atoms with van der Waals surface area (Å²) in [6.45, 7) is 8.15. The van der Waals surface area contributed by atoms with Gasteiger partial charge in [0, 0.05) is 41.8 Å². The third-order valence-electron chi connectivity index (χ3n) is 7.07. The van der Waals surface area contributed by atoms with Crippen molar-refractivity contribution in [3.8, 4) is 5.69 Å². The molecule has 4 aromatic rings. The van der Waals surface area contributed by atoms with Gasteiger partial charge in [-0.25, -0.2) is 14.3 Å². The summed E-state index contributed by atoms with van der Waals surface area (Å²) in [5.74, 6) is 0.472. The minimum Gasteiger partial charge on any atom is -0.324 e. The number of benzene rings is 1. The average molecular weight is 456 g/mol. The molecule has 0 saturated heterocycles. The predicted molar refractivity (Wildman–Crippen MR) is 133 cm³/mol. The number of hydrogen-bond acceptors (Lipinski definition) is 6. The Labute approximate surface area is 198 Å². The molecule has 0 unspecified atom stereocenters. The van der Waals surface area contributed by atoms with Crippen molar-refractivity contribution in [2.24, 2.45) is 0 Å². The topological polar surface area (TPSA) is 89.7 Å². The summed E-state index contributed by atoms with van der Waals surface area (Å²) in [5.41, 5.74) is 6.20. The quantitative estimate of drug-likeness (QED) is 0.473. The fraction of sp³-hybridized carbons (Fsp3) is 0.385. The summed E-state index contributed by atoms with van der Waals surface area (Å²) in [6.07, 6.45) is 6.75.